The molecule has 0 aromatic carbocycles. The third kappa shape index (κ3) is 3.72. The predicted octanol–water partition coefficient (Wildman–Crippen LogP) is -0.973. The van der Waals surface area contributed by atoms with E-state index in [2.05, 4.69) is 30.7 Å². The predicted molar refractivity (Wildman–Crippen MR) is 72.9 cm³/mol. The van der Waals surface area contributed by atoms with Crippen molar-refractivity contribution < 1.29 is 8.42 Å². The summed E-state index contributed by atoms with van der Waals surface area (Å²) in [5, 5.41) is 16.4. The Morgan fingerprint density at radius 3 is 3.00 bits per heavy atom. The van der Waals surface area contributed by atoms with Crippen LogP contribution in [0.25, 0.3) is 0 Å². The van der Waals surface area contributed by atoms with E-state index in [1.807, 2.05) is 7.05 Å². The molecule has 0 spiro atoms. The smallest absolute Gasteiger partial charge is 0.280 e. The maximum Gasteiger partial charge on any atom is 0.280 e. The van der Waals surface area contributed by atoms with E-state index >= 15 is 0 Å². The molecule has 0 bridgehead atoms. The number of hydrogen-bond donors (Lipinski definition) is 3. The summed E-state index contributed by atoms with van der Waals surface area (Å²) in [5.41, 5.74) is 0. The molecule has 2 atom stereocenters. The van der Waals surface area contributed by atoms with Crippen LogP contribution in [0.3, 0.4) is 0 Å². The molecule has 1 aliphatic heterocycles. The molecule has 2 unspecified atom stereocenters. The van der Waals surface area contributed by atoms with Gasteiger partial charge in [-0.2, -0.15) is 22.7 Å². The third-order valence-electron chi connectivity index (χ3n) is 3.39. The summed E-state index contributed by atoms with van der Waals surface area (Å²) in [5.74, 6) is 0.683. The normalized spacial score (nSPS) is 22.8. The average molecular weight is 303 g/mol. The first-order valence-electron chi connectivity index (χ1n) is 6.68. The Kier molecular flexibility index (Phi) is 5.02. The summed E-state index contributed by atoms with van der Waals surface area (Å²) in [6.45, 7) is 3.60. The molecule has 1 fully saturated rings. The fourth-order valence-electron chi connectivity index (χ4n) is 2.40. The highest BCUT2D eigenvalue weighted by molar-refractivity contribution is 7.87. The first-order valence-corrected chi connectivity index (χ1v) is 8.12. The van der Waals surface area contributed by atoms with E-state index in [1.165, 1.54) is 4.31 Å². The number of aromatic nitrogens is 4. The lowest BCUT2D eigenvalue weighted by molar-refractivity contribution is 0.259. The molecule has 10 heteroatoms. The van der Waals surface area contributed by atoms with Gasteiger partial charge in [0.05, 0.1) is 6.04 Å². The highest BCUT2D eigenvalue weighted by Gasteiger charge is 2.30. The summed E-state index contributed by atoms with van der Waals surface area (Å²) in [4.78, 5) is 0. The zero-order valence-electron chi connectivity index (χ0n) is 11.7. The standard InChI is InChI=1S/C10H21N7O2S/c1-8(10-12-15-16-13-10)14-20(18,19)17-5-3-4-9(7-17)6-11-2/h8-9,11,14H,3-7H2,1-2H3,(H,12,13,15,16). The first-order chi connectivity index (χ1) is 9.53. The molecule has 2 heterocycles. The van der Waals surface area contributed by atoms with Gasteiger partial charge in [0, 0.05) is 13.1 Å². The second-order valence-electron chi connectivity index (χ2n) is 5.04. The monoisotopic (exact) mass is 303 g/mol. The average Bonchev–Trinajstić information content (AvgIpc) is 2.93. The van der Waals surface area contributed by atoms with Crippen LogP contribution < -0.4 is 10.0 Å². The van der Waals surface area contributed by atoms with Crippen LogP contribution >= 0.6 is 0 Å². The molecule has 2 rings (SSSR count). The molecule has 3 N–H and O–H groups in total. The van der Waals surface area contributed by atoms with Crippen LogP contribution in [-0.4, -0.2) is 60.0 Å². The van der Waals surface area contributed by atoms with Crippen molar-refractivity contribution in [1.82, 2.24) is 35.0 Å². The minimum absolute atomic E-state index is 0.331. The molecular weight excluding hydrogens is 282 g/mol. The van der Waals surface area contributed by atoms with Crippen molar-refractivity contribution >= 4 is 10.2 Å². The van der Waals surface area contributed by atoms with Crippen molar-refractivity contribution in [2.45, 2.75) is 25.8 Å². The second kappa shape index (κ2) is 6.57. The third-order valence-corrected chi connectivity index (χ3v) is 5.05. The summed E-state index contributed by atoms with van der Waals surface area (Å²) in [6, 6.07) is -0.511. The molecule has 1 aromatic rings. The number of rotatable bonds is 6. The zero-order valence-corrected chi connectivity index (χ0v) is 12.5. The van der Waals surface area contributed by atoms with Crippen LogP contribution in [0.1, 0.15) is 31.6 Å². The SMILES string of the molecule is CNCC1CCCN(S(=O)(=O)NC(C)c2nn[nH]n2)C1. The minimum Gasteiger partial charge on any atom is -0.319 e. The number of tetrazole rings is 1. The number of hydrogen-bond acceptors (Lipinski definition) is 6. The largest absolute Gasteiger partial charge is 0.319 e. The summed E-state index contributed by atoms with van der Waals surface area (Å²) in [7, 11) is -1.65. The van der Waals surface area contributed by atoms with Crippen molar-refractivity contribution in [3.8, 4) is 0 Å². The van der Waals surface area contributed by atoms with Gasteiger partial charge in [-0.05, 0) is 39.3 Å². The van der Waals surface area contributed by atoms with Crippen molar-refractivity contribution in [2.75, 3.05) is 26.7 Å². The topological polar surface area (TPSA) is 116 Å². The summed E-state index contributed by atoms with van der Waals surface area (Å²) < 4.78 is 28.8. The van der Waals surface area contributed by atoms with Gasteiger partial charge in [0.1, 0.15) is 0 Å². The number of nitrogens with one attached hydrogen (secondary N) is 3. The lowest BCUT2D eigenvalue weighted by Gasteiger charge is -2.32. The molecule has 1 aromatic heterocycles. The molecule has 0 amide bonds. The Bertz CT molecular complexity index is 502. The van der Waals surface area contributed by atoms with Crippen LogP contribution in [0.5, 0.6) is 0 Å². The molecule has 1 saturated heterocycles. The molecule has 0 radical (unpaired) electrons. The summed E-state index contributed by atoms with van der Waals surface area (Å²) >= 11 is 0. The lowest BCUT2D eigenvalue weighted by atomic mass is 10.00. The van der Waals surface area contributed by atoms with E-state index in [9.17, 15) is 8.42 Å². The van der Waals surface area contributed by atoms with E-state index in [1.54, 1.807) is 6.92 Å². The van der Waals surface area contributed by atoms with Gasteiger partial charge < -0.3 is 5.32 Å². The van der Waals surface area contributed by atoms with Gasteiger partial charge in [-0.1, -0.05) is 5.21 Å². The molecule has 0 aliphatic carbocycles. The van der Waals surface area contributed by atoms with Gasteiger partial charge in [-0.15, -0.1) is 10.2 Å². The van der Waals surface area contributed by atoms with Crippen molar-refractivity contribution in [1.29, 1.82) is 0 Å². The van der Waals surface area contributed by atoms with E-state index < -0.39 is 16.3 Å². The molecule has 0 saturated carbocycles. The lowest BCUT2D eigenvalue weighted by Crippen LogP contribution is -2.48. The molecule has 114 valence electrons. The Balaban J connectivity index is 1.99. The van der Waals surface area contributed by atoms with Crippen LogP contribution in [0.2, 0.25) is 0 Å². The van der Waals surface area contributed by atoms with E-state index in [0.29, 0.717) is 24.8 Å². The maximum atomic E-state index is 12.3. The fraction of sp³-hybridized carbons (Fsp3) is 0.900. The van der Waals surface area contributed by atoms with Crippen LogP contribution in [0.4, 0.5) is 0 Å². The van der Waals surface area contributed by atoms with Crippen LogP contribution in [-0.2, 0) is 10.2 Å². The molecule has 1 aliphatic rings. The van der Waals surface area contributed by atoms with Crippen molar-refractivity contribution in [3.63, 3.8) is 0 Å². The van der Waals surface area contributed by atoms with Gasteiger partial charge in [-0.3, -0.25) is 0 Å². The Labute approximate surface area is 118 Å². The quantitative estimate of drug-likeness (QED) is 0.622. The van der Waals surface area contributed by atoms with Gasteiger partial charge in [0.25, 0.3) is 10.2 Å². The van der Waals surface area contributed by atoms with Gasteiger partial charge >= 0.3 is 0 Å². The minimum atomic E-state index is -3.53. The molecule has 9 nitrogen and oxygen atoms in total. The number of H-pyrrole nitrogens is 1. The van der Waals surface area contributed by atoms with Gasteiger partial charge in [0.2, 0.25) is 0 Å². The zero-order chi connectivity index (χ0) is 14.6. The Morgan fingerprint density at radius 2 is 2.35 bits per heavy atom. The van der Waals surface area contributed by atoms with E-state index in [-0.39, 0.29) is 0 Å². The number of aromatic amines is 1. The van der Waals surface area contributed by atoms with E-state index in [4.69, 9.17) is 0 Å². The van der Waals surface area contributed by atoms with Crippen molar-refractivity contribution in [3.05, 3.63) is 5.82 Å². The maximum absolute atomic E-state index is 12.3. The molecular formula is C10H21N7O2S. The molecule has 20 heavy (non-hydrogen) atoms. The highest BCUT2D eigenvalue weighted by atomic mass is 32.2. The Hall–Kier alpha value is -1.10. The summed E-state index contributed by atoms with van der Waals surface area (Å²) in [6.07, 6.45) is 1.93. The highest BCUT2D eigenvalue weighted by Crippen LogP contribution is 2.19. The first kappa shape index (κ1) is 15.3. The van der Waals surface area contributed by atoms with Gasteiger partial charge in [-0.25, -0.2) is 0 Å². The Morgan fingerprint density at radius 1 is 1.55 bits per heavy atom. The van der Waals surface area contributed by atoms with Crippen LogP contribution in [0.15, 0.2) is 0 Å². The van der Waals surface area contributed by atoms with E-state index in [0.717, 1.165) is 19.4 Å². The second-order valence-corrected chi connectivity index (χ2v) is 6.74. The number of piperidine rings is 1. The number of nitrogens with zero attached hydrogens (tertiary/aromatic N) is 4. The van der Waals surface area contributed by atoms with Gasteiger partial charge in [0.15, 0.2) is 5.82 Å². The van der Waals surface area contributed by atoms with Crippen molar-refractivity contribution in [2.24, 2.45) is 5.92 Å². The fourth-order valence-corrected chi connectivity index (χ4v) is 3.88. The van der Waals surface area contributed by atoms with Crippen LogP contribution in [0, 0.1) is 5.92 Å².